The number of Topliss-reactive ketones (excluding diaryl/α,β-unsaturated/α-hetero) is 1. The van der Waals surface area contributed by atoms with E-state index in [0.29, 0.717) is 28.1 Å². The molecule has 8 heteroatoms. The topological polar surface area (TPSA) is 95.4 Å². The smallest absolute Gasteiger partial charge is 0.274 e. The van der Waals surface area contributed by atoms with Crippen molar-refractivity contribution in [3.63, 3.8) is 0 Å². The number of hydrogen-bond acceptors (Lipinski definition) is 6. The number of pyridine rings is 2. The Morgan fingerprint density at radius 3 is 2.51 bits per heavy atom. The first-order valence-corrected chi connectivity index (χ1v) is 18.1. The highest BCUT2D eigenvalue weighted by Gasteiger charge is 2.29. The van der Waals surface area contributed by atoms with Crippen LogP contribution < -0.4 is 5.32 Å². The summed E-state index contributed by atoms with van der Waals surface area (Å²) in [7, 11) is 0. The van der Waals surface area contributed by atoms with Gasteiger partial charge < -0.3 is 10.4 Å². The second kappa shape index (κ2) is 15.8. The van der Waals surface area contributed by atoms with E-state index in [2.05, 4.69) is 29.0 Å². The molecule has 0 atom stereocenters. The van der Waals surface area contributed by atoms with Gasteiger partial charge in [0.1, 0.15) is 11.4 Å². The van der Waals surface area contributed by atoms with Gasteiger partial charge in [0.05, 0.1) is 10.7 Å². The zero-order valence-electron chi connectivity index (χ0n) is 28.9. The van der Waals surface area contributed by atoms with E-state index in [-0.39, 0.29) is 24.7 Å². The minimum atomic E-state index is -0.295. The van der Waals surface area contributed by atoms with E-state index in [1.165, 1.54) is 31.2 Å². The molecule has 256 valence electrons. The Morgan fingerprint density at radius 1 is 0.980 bits per heavy atom. The molecule has 0 spiro atoms. The van der Waals surface area contributed by atoms with Gasteiger partial charge in [-0.25, -0.2) is 4.98 Å². The van der Waals surface area contributed by atoms with Crippen LogP contribution in [0.5, 0.6) is 0 Å². The third kappa shape index (κ3) is 8.12. The van der Waals surface area contributed by atoms with Gasteiger partial charge in [-0.1, -0.05) is 54.9 Å². The van der Waals surface area contributed by atoms with Gasteiger partial charge in [-0.15, -0.1) is 0 Å². The number of anilines is 1. The molecule has 0 saturated heterocycles. The predicted octanol–water partition coefficient (Wildman–Crippen LogP) is 8.34. The molecule has 4 aromatic rings. The van der Waals surface area contributed by atoms with Gasteiger partial charge in [0.25, 0.3) is 5.91 Å². The summed E-state index contributed by atoms with van der Waals surface area (Å²) in [5, 5.41) is 12.5. The van der Waals surface area contributed by atoms with Crippen LogP contribution in [0.15, 0.2) is 60.8 Å². The molecular formula is C41H47ClN4O3. The number of nitrogens with zero attached hydrogens (tertiary/aromatic N) is 3. The van der Waals surface area contributed by atoms with Gasteiger partial charge in [-0.2, -0.15) is 0 Å². The first kappa shape index (κ1) is 34.9. The number of benzene rings is 2. The quantitative estimate of drug-likeness (QED) is 0.122. The highest BCUT2D eigenvalue weighted by atomic mass is 35.5. The lowest BCUT2D eigenvalue weighted by Crippen LogP contribution is -2.41. The van der Waals surface area contributed by atoms with Crippen LogP contribution >= 0.6 is 11.6 Å². The molecule has 1 saturated carbocycles. The van der Waals surface area contributed by atoms with Gasteiger partial charge in [-0.05, 0) is 123 Å². The maximum atomic E-state index is 13.7. The van der Waals surface area contributed by atoms with E-state index in [1.54, 1.807) is 12.3 Å². The van der Waals surface area contributed by atoms with Crippen molar-refractivity contribution in [2.24, 2.45) is 5.92 Å². The minimum Gasteiger partial charge on any atom is -0.396 e. The van der Waals surface area contributed by atoms with Gasteiger partial charge in [0.2, 0.25) is 0 Å². The van der Waals surface area contributed by atoms with E-state index in [0.717, 1.165) is 83.8 Å². The third-order valence-electron chi connectivity index (χ3n) is 10.5. The fourth-order valence-electron chi connectivity index (χ4n) is 7.41. The molecule has 3 heterocycles. The summed E-state index contributed by atoms with van der Waals surface area (Å²) in [6.45, 7) is 8.45. The number of nitrogens with one attached hydrogen (secondary N) is 1. The van der Waals surface area contributed by atoms with Crippen molar-refractivity contribution >= 4 is 29.0 Å². The molecule has 6 rings (SSSR count). The van der Waals surface area contributed by atoms with Crippen molar-refractivity contribution in [2.75, 3.05) is 18.5 Å². The number of aryl methyl sites for hydroxylation is 2. The lowest BCUT2D eigenvalue weighted by atomic mass is 9.85. The number of amides is 1. The lowest BCUT2D eigenvalue weighted by molar-refractivity contribution is 0.0983. The highest BCUT2D eigenvalue weighted by molar-refractivity contribution is 6.34. The van der Waals surface area contributed by atoms with Crippen molar-refractivity contribution in [2.45, 2.75) is 91.1 Å². The normalized spacial score (nSPS) is 17.8. The number of aromatic nitrogens is 2. The number of aliphatic hydroxyl groups excluding tert-OH is 1. The number of halogens is 1. The summed E-state index contributed by atoms with van der Waals surface area (Å²) in [5.41, 5.74) is 9.31. The molecule has 0 radical (unpaired) electrons. The molecule has 1 aliphatic carbocycles. The average Bonchev–Trinajstić information content (AvgIpc) is 3.10. The number of unbranched alkanes of at least 4 members (excludes halogenated alkanes) is 1. The molecule has 1 aliphatic heterocycles. The highest BCUT2D eigenvalue weighted by Crippen LogP contribution is 2.36. The van der Waals surface area contributed by atoms with Crippen LogP contribution in [-0.4, -0.2) is 50.9 Å². The number of rotatable bonds is 11. The number of aliphatic hydroxyl groups is 1. The summed E-state index contributed by atoms with van der Waals surface area (Å²) >= 11 is 7.03. The van der Waals surface area contributed by atoms with E-state index in [1.807, 2.05) is 55.5 Å². The van der Waals surface area contributed by atoms with E-state index < -0.39 is 0 Å². The van der Waals surface area contributed by atoms with Crippen LogP contribution in [0.3, 0.4) is 0 Å². The Labute approximate surface area is 295 Å². The summed E-state index contributed by atoms with van der Waals surface area (Å²) in [6.07, 6.45) is 10.3. The first-order valence-electron chi connectivity index (χ1n) is 17.7. The number of ketones is 1. The largest absolute Gasteiger partial charge is 0.396 e. The Balaban J connectivity index is 1.16. The maximum Gasteiger partial charge on any atom is 0.274 e. The predicted molar refractivity (Wildman–Crippen MR) is 196 cm³/mol. The van der Waals surface area contributed by atoms with E-state index in [4.69, 9.17) is 21.7 Å². The first-order chi connectivity index (χ1) is 23.7. The third-order valence-corrected chi connectivity index (χ3v) is 10.9. The number of fused-ring (bicyclic) bond motifs is 1. The van der Waals surface area contributed by atoms with Crippen molar-refractivity contribution in [3.8, 4) is 11.1 Å². The Hall–Kier alpha value is -3.91. The zero-order chi connectivity index (χ0) is 34.5. The van der Waals surface area contributed by atoms with E-state index in [9.17, 15) is 9.59 Å². The van der Waals surface area contributed by atoms with E-state index >= 15 is 0 Å². The molecule has 0 bridgehead atoms. The second-order valence-electron chi connectivity index (χ2n) is 13.9. The Kier molecular flexibility index (Phi) is 11.2. The van der Waals surface area contributed by atoms with Crippen LogP contribution in [-0.2, 0) is 25.8 Å². The maximum absolute atomic E-state index is 13.7. The molecule has 2 N–H and O–H groups in total. The number of hydrogen-bond donors (Lipinski definition) is 2. The average molecular weight is 679 g/mol. The van der Waals surface area contributed by atoms with Gasteiger partial charge in [0.15, 0.2) is 5.78 Å². The molecule has 7 nitrogen and oxygen atoms in total. The molecule has 2 aromatic carbocycles. The molecule has 0 unspecified atom stereocenters. The zero-order valence-corrected chi connectivity index (χ0v) is 29.7. The summed E-state index contributed by atoms with van der Waals surface area (Å²) in [6, 6.07) is 17.7. The van der Waals surface area contributed by atoms with Crippen molar-refractivity contribution in [1.29, 1.82) is 0 Å². The number of carbonyl (C=O) groups excluding carboxylic acids is 2. The second-order valence-corrected chi connectivity index (χ2v) is 14.3. The summed E-state index contributed by atoms with van der Waals surface area (Å²) in [4.78, 5) is 38.7. The summed E-state index contributed by atoms with van der Waals surface area (Å²) < 4.78 is 0. The molecule has 2 aliphatic rings. The van der Waals surface area contributed by atoms with Crippen molar-refractivity contribution < 1.29 is 14.7 Å². The van der Waals surface area contributed by atoms with Crippen LogP contribution in [0.25, 0.3) is 11.1 Å². The van der Waals surface area contributed by atoms with Gasteiger partial charge in [-0.3, -0.25) is 19.5 Å². The molecular weight excluding hydrogens is 632 g/mol. The standard InChI is InChI=1S/C41H47ClN4O3/c1-26-13-16-31(17-14-26)46-20-19-32-27(2)22-37(44-38(32)25-46)39(48)23-30-9-6-11-34(40(30)42)33-10-7-12-35(28(33)3)45-41(49)36-18-15-29(24-43-36)8-4-5-21-47/h6-7,9-12,15,18,22,24,26,31,47H,4-5,8,13-14,16-17,19-21,23,25H2,1-3H3,(H,45,49). The van der Waals surface area contributed by atoms with Crippen LogP contribution in [0.1, 0.15) is 99.9 Å². The minimum absolute atomic E-state index is 0.0433. The monoisotopic (exact) mass is 678 g/mol. The van der Waals surface area contributed by atoms with Crippen LogP contribution in [0.2, 0.25) is 5.02 Å². The fraction of sp³-hybridized carbons (Fsp3) is 0.415. The van der Waals surface area contributed by atoms with Crippen LogP contribution in [0, 0.1) is 19.8 Å². The molecule has 1 fully saturated rings. The Morgan fingerprint density at radius 2 is 1.76 bits per heavy atom. The van der Waals surface area contributed by atoms with Crippen molar-refractivity contribution in [3.05, 3.63) is 111 Å². The summed E-state index contributed by atoms with van der Waals surface area (Å²) in [5.74, 6) is 0.479. The lowest BCUT2D eigenvalue weighted by Gasteiger charge is -2.39. The van der Waals surface area contributed by atoms with Gasteiger partial charge in [0, 0.05) is 49.6 Å². The fourth-order valence-corrected chi connectivity index (χ4v) is 7.71. The molecule has 2 aromatic heterocycles. The molecule has 49 heavy (non-hydrogen) atoms. The SMILES string of the molecule is Cc1cc(C(=O)Cc2cccc(-c3cccc(NC(=O)c4ccc(CCCCO)cn4)c3C)c2Cl)nc2c1CCN(C1CCC(C)CC1)C2. The van der Waals surface area contributed by atoms with Crippen LogP contribution in [0.4, 0.5) is 5.69 Å². The van der Waals surface area contributed by atoms with Crippen molar-refractivity contribution in [1.82, 2.24) is 14.9 Å². The number of carbonyl (C=O) groups is 2. The van der Waals surface area contributed by atoms with Gasteiger partial charge >= 0.3 is 0 Å². The molecule has 1 amide bonds. The Bertz CT molecular complexity index is 1810.